The molecule has 0 unspecified atom stereocenters. The Morgan fingerprint density at radius 2 is 1.83 bits per heavy atom. The quantitative estimate of drug-likeness (QED) is 0.752. The van der Waals surface area contributed by atoms with E-state index in [0.29, 0.717) is 24.0 Å². The molecule has 6 nitrogen and oxygen atoms in total. The Morgan fingerprint density at radius 3 is 2.53 bits per heavy atom. The fraction of sp³-hybridized carbons (Fsp3) is 0.625. The molecule has 0 spiro atoms. The van der Waals surface area contributed by atoms with E-state index in [0.717, 1.165) is 55.6 Å². The molecule has 164 valence electrons. The predicted molar refractivity (Wildman–Crippen MR) is 120 cm³/mol. The largest absolute Gasteiger partial charge is 0.493 e. The fourth-order valence-corrected chi connectivity index (χ4v) is 4.83. The maximum Gasteiger partial charge on any atom is 0.163 e. The Bertz CT molecular complexity index is 858. The van der Waals surface area contributed by atoms with Crippen LogP contribution in [0.15, 0.2) is 18.2 Å². The summed E-state index contributed by atoms with van der Waals surface area (Å²) in [6.45, 7) is 7.36. The average molecular weight is 414 g/mol. The van der Waals surface area contributed by atoms with E-state index in [1.807, 2.05) is 6.07 Å². The van der Waals surface area contributed by atoms with Gasteiger partial charge in [0.2, 0.25) is 0 Å². The number of aromatic nitrogens is 1. The number of pyridine rings is 1. The Kier molecular flexibility index (Phi) is 6.76. The second-order valence-corrected chi connectivity index (χ2v) is 8.92. The van der Waals surface area contributed by atoms with Crippen LogP contribution in [-0.4, -0.2) is 79.5 Å². The molecule has 6 heteroatoms. The molecule has 1 aromatic carbocycles. The number of piperidine rings is 1. The number of benzene rings is 1. The highest BCUT2D eigenvalue weighted by atomic mass is 16.5. The second-order valence-electron chi connectivity index (χ2n) is 8.92. The van der Waals surface area contributed by atoms with Gasteiger partial charge in [0.25, 0.3) is 0 Å². The van der Waals surface area contributed by atoms with E-state index in [2.05, 4.69) is 35.9 Å². The normalized spacial score (nSPS) is 20.0. The predicted octanol–water partition coefficient (Wildman–Crippen LogP) is 3.20. The molecule has 2 fully saturated rings. The first-order valence-corrected chi connectivity index (χ1v) is 11.2. The molecular weight excluding hydrogens is 378 g/mol. The van der Waals surface area contributed by atoms with Gasteiger partial charge in [0.1, 0.15) is 12.7 Å². The number of rotatable bonds is 7. The van der Waals surface area contributed by atoms with Crippen molar-refractivity contribution in [3.8, 4) is 11.5 Å². The maximum atomic E-state index is 10.4. The molecule has 0 radical (unpaired) electrons. The van der Waals surface area contributed by atoms with Gasteiger partial charge in [-0.25, -0.2) is 0 Å². The van der Waals surface area contributed by atoms with Crippen LogP contribution in [0, 0.1) is 6.92 Å². The van der Waals surface area contributed by atoms with Crippen LogP contribution in [0.25, 0.3) is 10.9 Å². The molecule has 0 bridgehead atoms. The lowest BCUT2D eigenvalue weighted by atomic mass is 9.87. The van der Waals surface area contributed by atoms with Crippen molar-refractivity contribution in [2.24, 2.45) is 0 Å². The molecule has 0 saturated carbocycles. The molecule has 2 aliphatic rings. The van der Waals surface area contributed by atoms with Crippen molar-refractivity contribution >= 4 is 10.9 Å². The molecule has 2 aliphatic heterocycles. The van der Waals surface area contributed by atoms with Gasteiger partial charge in [0.05, 0.1) is 12.6 Å². The van der Waals surface area contributed by atoms with E-state index >= 15 is 0 Å². The van der Waals surface area contributed by atoms with Gasteiger partial charge in [-0.05, 0) is 89.4 Å². The van der Waals surface area contributed by atoms with Gasteiger partial charge >= 0.3 is 0 Å². The van der Waals surface area contributed by atoms with Crippen molar-refractivity contribution in [2.75, 3.05) is 53.5 Å². The first kappa shape index (κ1) is 21.3. The molecule has 2 aromatic rings. The summed E-state index contributed by atoms with van der Waals surface area (Å²) in [5, 5.41) is 11.6. The summed E-state index contributed by atoms with van der Waals surface area (Å²) in [6.07, 6.45) is 4.26. The zero-order valence-electron chi connectivity index (χ0n) is 18.6. The van der Waals surface area contributed by atoms with Crippen LogP contribution < -0.4 is 9.47 Å². The van der Waals surface area contributed by atoms with E-state index in [4.69, 9.17) is 14.5 Å². The van der Waals surface area contributed by atoms with Crippen LogP contribution in [0.4, 0.5) is 0 Å². The number of hydrogen-bond donors (Lipinski definition) is 1. The minimum atomic E-state index is -0.510. The number of likely N-dealkylation sites (tertiary alicyclic amines) is 2. The standard InChI is InChI=1S/C24H35N3O3/c1-17-12-20(18-6-10-26(2)11-7-18)21-13-23(29-3)24(14-22(21)25-17)30-16-19(28)15-27-8-4-5-9-27/h12-14,18-19,28H,4-11,15-16H2,1-3H3/t19-/m0/s1. The minimum Gasteiger partial charge on any atom is -0.493 e. The van der Waals surface area contributed by atoms with Crippen LogP contribution in [0.1, 0.15) is 42.9 Å². The van der Waals surface area contributed by atoms with Gasteiger partial charge in [-0.3, -0.25) is 4.98 Å². The number of methoxy groups -OCH3 is 1. The third kappa shape index (κ3) is 4.88. The van der Waals surface area contributed by atoms with Gasteiger partial charge in [-0.2, -0.15) is 0 Å². The van der Waals surface area contributed by atoms with Crippen LogP contribution in [0.3, 0.4) is 0 Å². The van der Waals surface area contributed by atoms with Gasteiger partial charge in [-0.1, -0.05) is 0 Å². The molecule has 4 rings (SSSR count). The summed E-state index contributed by atoms with van der Waals surface area (Å²) in [5.74, 6) is 1.90. The van der Waals surface area contributed by atoms with Crippen LogP contribution in [0.5, 0.6) is 11.5 Å². The summed E-state index contributed by atoms with van der Waals surface area (Å²) in [7, 11) is 3.86. The molecule has 30 heavy (non-hydrogen) atoms. The lowest BCUT2D eigenvalue weighted by Crippen LogP contribution is -2.33. The first-order chi connectivity index (χ1) is 14.5. The Balaban J connectivity index is 1.55. The third-order valence-electron chi connectivity index (χ3n) is 6.51. The highest BCUT2D eigenvalue weighted by Crippen LogP contribution is 2.38. The van der Waals surface area contributed by atoms with Gasteiger partial charge < -0.3 is 24.4 Å². The van der Waals surface area contributed by atoms with E-state index in [-0.39, 0.29) is 6.61 Å². The highest BCUT2D eigenvalue weighted by molar-refractivity contribution is 5.86. The van der Waals surface area contributed by atoms with Gasteiger partial charge in [0, 0.05) is 23.7 Å². The molecule has 0 amide bonds. The molecule has 3 heterocycles. The van der Waals surface area contributed by atoms with Crippen molar-refractivity contribution in [3.63, 3.8) is 0 Å². The zero-order valence-corrected chi connectivity index (χ0v) is 18.6. The smallest absolute Gasteiger partial charge is 0.163 e. The van der Waals surface area contributed by atoms with E-state index in [1.165, 1.54) is 18.4 Å². The van der Waals surface area contributed by atoms with Crippen molar-refractivity contribution in [3.05, 3.63) is 29.5 Å². The van der Waals surface area contributed by atoms with Crippen LogP contribution >= 0.6 is 0 Å². The maximum absolute atomic E-state index is 10.4. The van der Waals surface area contributed by atoms with E-state index < -0.39 is 6.10 Å². The third-order valence-corrected chi connectivity index (χ3v) is 6.51. The van der Waals surface area contributed by atoms with E-state index in [9.17, 15) is 5.11 Å². The Labute approximate surface area is 179 Å². The molecule has 1 N–H and O–H groups in total. The van der Waals surface area contributed by atoms with Gasteiger partial charge in [-0.15, -0.1) is 0 Å². The number of hydrogen-bond acceptors (Lipinski definition) is 6. The number of ether oxygens (including phenoxy) is 2. The van der Waals surface area contributed by atoms with E-state index in [1.54, 1.807) is 7.11 Å². The van der Waals surface area contributed by atoms with Crippen LogP contribution in [-0.2, 0) is 0 Å². The van der Waals surface area contributed by atoms with Crippen molar-refractivity contribution in [1.82, 2.24) is 14.8 Å². The summed E-state index contributed by atoms with van der Waals surface area (Å²) in [5.41, 5.74) is 3.33. The summed E-state index contributed by atoms with van der Waals surface area (Å²) in [4.78, 5) is 9.47. The topological polar surface area (TPSA) is 58.1 Å². The summed E-state index contributed by atoms with van der Waals surface area (Å²) < 4.78 is 11.7. The van der Waals surface area contributed by atoms with Crippen molar-refractivity contribution < 1.29 is 14.6 Å². The second kappa shape index (κ2) is 9.50. The zero-order chi connectivity index (χ0) is 21.1. The molecule has 0 aliphatic carbocycles. The molecule has 1 aromatic heterocycles. The SMILES string of the molecule is COc1cc2c(C3CCN(C)CC3)cc(C)nc2cc1OC[C@@H](O)CN1CCCC1. The highest BCUT2D eigenvalue weighted by Gasteiger charge is 2.23. The average Bonchev–Trinajstić information content (AvgIpc) is 3.24. The monoisotopic (exact) mass is 413 g/mol. The number of nitrogens with zero attached hydrogens (tertiary/aromatic N) is 3. The Morgan fingerprint density at radius 1 is 1.10 bits per heavy atom. The van der Waals surface area contributed by atoms with Crippen molar-refractivity contribution in [1.29, 1.82) is 0 Å². The first-order valence-electron chi connectivity index (χ1n) is 11.2. The number of β-amino-alcohol motifs (C(OH)–C–C–N with tert-alkyl or cyclic N) is 1. The molecule has 1 atom stereocenters. The summed E-state index contributed by atoms with van der Waals surface area (Å²) in [6, 6.07) is 6.28. The minimum absolute atomic E-state index is 0.256. The lowest BCUT2D eigenvalue weighted by molar-refractivity contribution is 0.0747. The number of aliphatic hydroxyl groups is 1. The number of aliphatic hydroxyl groups excluding tert-OH is 1. The fourth-order valence-electron chi connectivity index (χ4n) is 4.83. The van der Waals surface area contributed by atoms with Gasteiger partial charge in [0.15, 0.2) is 11.5 Å². The number of aryl methyl sites for hydroxylation is 1. The molecular formula is C24H35N3O3. The summed E-state index contributed by atoms with van der Waals surface area (Å²) >= 11 is 0. The molecule has 2 saturated heterocycles. The Hall–Kier alpha value is -1.89. The van der Waals surface area contributed by atoms with Crippen molar-refractivity contribution in [2.45, 2.75) is 44.6 Å². The number of fused-ring (bicyclic) bond motifs is 1. The lowest BCUT2D eigenvalue weighted by Gasteiger charge is -2.30. The van der Waals surface area contributed by atoms with Crippen LogP contribution in [0.2, 0.25) is 0 Å².